The largest absolute Gasteiger partial charge is 0.493 e. The molecule has 0 saturated carbocycles. The van der Waals surface area contributed by atoms with Crippen molar-refractivity contribution in [2.45, 2.75) is 6.92 Å². The van der Waals surface area contributed by atoms with Gasteiger partial charge in [0, 0.05) is 15.5 Å². The number of carbonyl (C=O) groups is 2. The van der Waals surface area contributed by atoms with Crippen LogP contribution in [0.2, 0.25) is 5.02 Å². The number of ether oxygens (including phenoxy) is 3. The van der Waals surface area contributed by atoms with Crippen molar-refractivity contribution in [3.63, 3.8) is 0 Å². The quantitative estimate of drug-likeness (QED) is 0.506. The molecule has 1 aromatic heterocycles. The van der Waals surface area contributed by atoms with Crippen LogP contribution in [-0.4, -0.2) is 32.7 Å². The SMILES string of the molecule is COC(=O)c1c(NC(=O)COc2ccccc2OC)sc(C)c1-c1cccc(Cl)c1. The predicted molar refractivity (Wildman–Crippen MR) is 118 cm³/mol. The molecule has 0 aliphatic rings. The average Bonchev–Trinajstić information content (AvgIpc) is 3.07. The molecule has 0 saturated heterocycles. The number of thiophene rings is 1. The van der Waals surface area contributed by atoms with Crippen molar-refractivity contribution in [3.8, 4) is 22.6 Å². The molecule has 0 spiro atoms. The number of hydrogen-bond acceptors (Lipinski definition) is 6. The summed E-state index contributed by atoms with van der Waals surface area (Å²) in [5.41, 5.74) is 1.73. The minimum atomic E-state index is -0.546. The van der Waals surface area contributed by atoms with Crippen LogP contribution in [0.1, 0.15) is 15.2 Å². The van der Waals surface area contributed by atoms with Gasteiger partial charge in [-0.25, -0.2) is 4.79 Å². The Balaban J connectivity index is 1.86. The number of anilines is 1. The second kappa shape index (κ2) is 9.65. The molecule has 3 aromatic rings. The number of methoxy groups -OCH3 is 2. The Kier molecular flexibility index (Phi) is 6.97. The summed E-state index contributed by atoms with van der Waals surface area (Å²) in [5, 5.41) is 3.70. The summed E-state index contributed by atoms with van der Waals surface area (Å²) in [6, 6.07) is 14.2. The highest BCUT2D eigenvalue weighted by Gasteiger charge is 2.25. The van der Waals surface area contributed by atoms with E-state index in [4.69, 9.17) is 25.8 Å². The molecule has 156 valence electrons. The topological polar surface area (TPSA) is 73.9 Å². The fraction of sp³-hybridized carbons (Fsp3) is 0.182. The van der Waals surface area contributed by atoms with Crippen molar-refractivity contribution in [1.29, 1.82) is 0 Å². The van der Waals surface area contributed by atoms with E-state index in [2.05, 4.69) is 5.32 Å². The molecule has 1 heterocycles. The number of carbonyl (C=O) groups excluding carboxylic acids is 2. The number of para-hydroxylation sites is 2. The normalized spacial score (nSPS) is 10.4. The van der Waals surface area contributed by atoms with Gasteiger partial charge >= 0.3 is 5.97 Å². The molecule has 0 atom stereocenters. The minimum absolute atomic E-state index is 0.246. The first kappa shape index (κ1) is 21.7. The van der Waals surface area contributed by atoms with Gasteiger partial charge in [-0.1, -0.05) is 35.9 Å². The number of amides is 1. The molecule has 0 fully saturated rings. The Bertz CT molecular complexity index is 1080. The molecule has 30 heavy (non-hydrogen) atoms. The predicted octanol–water partition coefficient (Wildman–Crippen LogP) is 5.19. The third kappa shape index (κ3) is 4.75. The van der Waals surface area contributed by atoms with Gasteiger partial charge in [-0.05, 0) is 36.8 Å². The third-order valence-electron chi connectivity index (χ3n) is 4.27. The van der Waals surface area contributed by atoms with Gasteiger partial charge in [0.25, 0.3) is 5.91 Å². The van der Waals surface area contributed by atoms with Crippen LogP contribution in [0.4, 0.5) is 5.00 Å². The molecule has 1 N–H and O–H groups in total. The van der Waals surface area contributed by atoms with Crippen molar-refractivity contribution >= 4 is 39.8 Å². The van der Waals surface area contributed by atoms with Crippen molar-refractivity contribution in [1.82, 2.24) is 0 Å². The van der Waals surface area contributed by atoms with Gasteiger partial charge in [-0.3, -0.25) is 4.79 Å². The number of aryl methyl sites for hydroxylation is 1. The zero-order valence-corrected chi connectivity index (χ0v) is 18.2. The molecule has 2 aromatic carbocycles. The summed E-state index contributed by atoms with van der Waals surface area (Å²) in [5.74, 6) is 0.0151. The highest BCUT2D eigenvalue weighted by atomic mass is 35.5. The van der Waals surface area contributed by atoms with Crippen LogP contribution in [0.5, 0.6) is 11.5 Å². The monoisotopic (exact) mass is 445 g/mol. The summed E-state index contributed by atoms with van der Waals surface area (Å²) >= 11 is 7.41. The maximum absolute atomic E-state index is 12.5. The molecule has 8 heteroatoms. The Labute approximate surface area is 183 Å². The second-order valence-electron chi connectivity index (χ2n) is 6.23. The van der Waals surface area contributed by atoms with Crippen LogP contribution in [0, 0.1) is 6.92 Å². The van der Waals surface area contributed by atoms with Crippen LogP contribution in [0.15, 0.2) is 48.5 Å². The molecule has 0 aliphatic heterocycles. The maximum Gasteiger partial charge on any atom is 0.341 e. The van der Waals surface area contributed by atoms with Crippen LogP contribution >= 0.6 is 22.9 Å². The zero-order chi connectivity index (χ0) is 21.7. The third-order valence-corrected chi connectivity index (χ3v) is 5.52. The van der Waals surface area contributed by atoms with Gasteiger partial charge in [0.15, 0.2) is 18.1 Å². The molecule has 0 unspecified atom stereocenters. The summed E-state index contributed by atoms with van der Waals surface area (Å²) in [6.07, 6.45) is 0. The lowest BCUT2D eigenvalue weighted by molar-refractivity contribution is -0.118. The number of halogens is 1. The van der Waals surface area contributed by atoms with E-state index in [1.54, 1.807) is 42.5 Å². The van der Waals surface area contributed by atoms with E-state index in [0.29, 0.717) is 27.1 Å². The summed E-state index contributed by atoms with van der Waals surface area (Å²) < 4.78 is 15.7. The Hall–Kier alpha value is -3.03. The molecule has 1 amide bonds. The van der Waals surface area contributed by atoms with Crippen molar-refractivity contribution < 1.29 is 23.8 Å². The lowest BCUT2D eigenvalue weighted by Crippen LogP contribution is -2.21. The first-order valence-corrected chi connectivity index (χ1v) is 10.2. The summed E-state index contributed by atoms with van der Waals surface area (Å²) in [6.45, 7) is 1.62. The van der Waals surface area contributed by atoms with Gasteiger partial charge in [-0.15, -0.1) is 11.3 Å². The summed E-state index contributed by atoms with van der Waals surface area (Å²) in [7, 11) is 2.82. The second-order valence-corrected chi connectivity index (χ2v) is 7.89. The Morgan fingerprint density at radius 3 is 2.47 bits per heavy atom. The van der Waals surface area contributed by atoms with E-state index in [-0.39, 0.29) is 12.2 Å². The van der Waals surface area contributed by atoms with Gasteiger partial charge in [0.1, 0.15) is 10.6 Å². The lowest BCUT2D eigenvalue weighted by Gasteiger charge is -2.11. The van der Waals surface area contributed by atoms with Gasteiger partial charge in [0.05, 0.1) is 14.2 Å². The Morgan fingerprint density at radius 1 is 1.07 bits per heavy atom. The van der Waals surface area contributed by atoms with Crippen LogP contribution in [-0.2, 0) is 9.53 Å². The van der Waals surface area contributed by atoms with E-state index < -0.39 is 11.9 Å². The molecule has 3 rings (SSSR count). The Morgan fingerprint density at radius 2 is 1.80 bits per heavy atom. The van der Waals surface area contributed by atoms with Crippen LogP contribution in [0.3, 0.4) is 0 Å². The van der Waals surface area contributed by atoms with E-state index in [0.717, 1.165) is 10.4 Å². The van der Waals surface area contributed by atoms with Gasteiger partial charge < -0.3 is 19.5 Å². The molecular formula is C22H20ClNO5S. The number of nitrogens with one attached hydrogen (secondary N) is 1. The van der Waals surface area contributed by atoms with Gasteiger partial charge in [-0.2, -0.15) is 0 Å². The summed E-state index contributed by atoms with van der Waals surface area (Å²) in [4.78, 5) is 25.9. The van der Waals surface area contributed by atoms with Crippen molar-refractivity contribution in [2.75, 3.05) is 26.1 Å². The first-order chi connectivity index (χ1) is 14.4. The van der Waals surface area contributed by atoms with E-state index >= 15 is 0 Å². The molecule has 0 bridgehead atoms. The fourth-order valence-corrected chi connectivity index (χ4v) is 4.24. The smallest absolute Gasteiger partial charge is 0.341 e. The highest BCUT2D eigenvalue weighted by molar-refractivity contribution is 7.17. The minimum Gasteiger partial charge on any atom is -0.493 e. The molecule has 0 aliphatic carbocycles. The van der Waals surface area contributed by atoms with E-state index in [1.165, 1.54) is 25.6 Å². The van der Waals surface area contributed by atoms with Crippen molar-refractivity contribution in [3.05, 3.63) is 64.0 Å². The number of esters is 1. The van der Waals surface area contributed by atoms with Gasteiger partial charge in [0.2, 0.25) is 0 Å². The standard InChI is InChI=1S/C22H20ClNO5S/c1-13-19(14-7-6-8-15(23)11-14)20(22(26)28-3)21(30-13)24-18(25)12-29-17-10-5-4-9-16(17)27-2/h4-11H,12H2,1-3H3,(H,24,25). The lowest BCUT2D eigenvalue weighted by atomic mass is 10.0. The highest BCUT2D eigenvalue weighted by Crippen LogP contribution is 2.41. The molecule has 6 nitrogen and oxygen atoms in total. The van der Waals surface area contributed by atoms with Crippen LogP contribution < -0.4 is 14.8 Å². The number of rotatable bonds is 7. The van der Waals surface area contributed by atoms with Crippen LogP contribution in [0.25, 0.3) is 11.1 Å². The van der Waals surface area contributed by atoms with Crippen molar-refractivity contribution in [2.24, 2.45) is 0 Å². The zero-order valence-electron chi connectivity index (χ0n) is 16.7. The fourth-order valence-electron chi connectivity index (χ4n) is 2.97. The molecule has 0 radical (unpaired) electrons. The maximum atomic E-state index is 12.5. The average molecular weight is 446 g/mol. The number of benzene rings is 2. The number of hydrogen-bond donors (Lipinski definition) is 1. The van der Waals surface area contributed by atoms with E-state index in [9.17, 15) is 9.59 Å². The molecular weight excluding hydrogens is 426 g/mol. The first-order valence-electron chi connectivity index (χ1n) is 8.98. The van der Waals surface area contributed by atoms with E-state index in [1.807, 2.05) is 13.0 Å².